The highest BCUT2D eigenvalue weighted by molar-refractivity contribution is 6.04. The lowest BCUT2D eigenvalue weighted by molar-refractivity contribution is -0.141. The summed E-state index contributed by atoms with van der Waals surface area (Å²) in [7, 11) is 3.96. The van der Waals surface area contributed by atoms with E-state index in [1.54, 1.807) is 32.2 Å². The van der Waals surface area contributed by atoms with Crippen molar-refractivity contribution in [2.45, 2.75) is 26.8 Å². The Bertz CT molecular complexity index is 453. The Balaban J connectivity index is 2.38. The van der Waals surface area contributed by atoms with Crippen molar-refractivity contribution in [3.8, 4) is 0 Å². The molecule has 1 rings (SSSR count). The molecule has 0 aliphatic carbocycles. The molecule has 0 saturated carbocycles. The molecule has 1 heterocycles. The summed E-state index contributed by atoms with van der Waals surface area (Å²) in [5.74, 6) is 0.0766. The number of nitrogens with one attached hydrogen (secondary N) is 2. The summed E-state index contributed by atoms with van der Waals surface area (Å²) in [5, 5.41) is 5.52. The van der Waals surface area contributed by atoms with Crippen LogP contribution in [0.4, 0.5) is 0 Å². The van der Waals surface area contributed by atoms with Gasteiger partial charge in [-0.3, -0.25) is 9.59 Å². The third kappa shape index (κ3) is 5.59. The van der Waals surface area contributed by atoms with Crippen LogP contribution in [0.25, 0.3) is 0 Å². The zero-order valence-corrected chi connectivity index (χ0v) is 13.2. The lowest BCUT2D eigenvalue weighted by Crippen LogP contribution is -2.48. The molecule has 2 N–H and O–H groups in total. The van der Waals surface area contributed by atoms with Crippen molar-refractivity contribution in [1.29, 1.82) is 0 Å². The van der Waals surface area contributed by atoms with Crippen LogP contribution in [0, 0.1) is 5.41 Å². The van der Waals surface area contributed by atoms with E-state index in [0.29, 0.717) is 12.3 Å². The maximum absolute atomic E-state index is 12.1. The lowest BCUT2D eigenvalue weighted by Gasteiger charge is -2.22. The Morgan fingerprint density at radius 2 is 1.90 bits per heavy atom. The van der Waals surface area contributed by atoms with Gasteiger partial charge in [0.1, 0.15) is 11.2 Å². The fourth-order valence-electron chi connectivity index (χ4n) is 1.72. The highest BCUT2D eigenvalue weighted by Crippen LogP contribution is 2.15. The van der Waals surface area contributed by atoms with E-state index in [2.05, 4.69) is 10.6 Å². The maximum atomic E-state index is 12.1. The zero-order valence-electron chi connectivity index (χ0n) is 13.2. The van der Waals surface area contributed by atoms with Gasteiger partial charge in [-0.1, -0.05) is 0 Å². The highest BCUT2D eigenvalue weighted by Gasteiger charge is 2.35. The summed E-state index contributed by atoms with van der Waals surface area (Å²) in [6.45, 7) is 4.97. The van der Waals surface area contributed by atoms with Gasteiger partial charge in [-0.25, -0.2) is 0 Å². The second-order valence-corrected chi connectivity index (χ2v) is 5.80. The first-order chi connectivity index (χ1) is 9.84. The van der Waals surface area contributed by atoms with Crippen LogP contribution < -0.4 is 10.6 Å². The van der Waals surface area contributed by atoms with Gasteiger partial charge in [-0.05, 0) is 53.0 Å². The van der Waals surface area contributed by atoms with Crippen LogP contribution in [0.5, 0.6) is 0 Å². The molecule has 2 amide bonds. The highest BCUT2D eigenvalue weighted by atomic mass is 16.3. The fourth-order valence-corrected chi connectivity index (χ4v) is 1.72. The minimum absolute atomic E-state index is 0.266. The molecule has 0 aromatic carbocycles. The molecule has 1 aromatic heterocycles. The summed E-state index contributed by atoms with van der Waals surface area (Å²) in [6, 6.07) is 3.53. The summed E-state index contributed by atoms with van der Waals surface area (Å²) >= 11 is 0. The molecule has 0 atom stereocenters. The largest absolute Gasteiger partial charge is 0.467 e. The molecule has 0 radical (unpaired) electrons. The van der Waals surface area contributed by atoms with Gasteiger partial charge >= 0.3 is 0 Å². The number of amides is 2. The van der Waals surface area contributed by atoms with Gasteiger partial charge in [-0.2, -0.15) is 0 Å². The first-order valence-electron chi connectivity index (χ1n) is 7.07. The third-order valence-electron chi connectivity index (χ3n) is 3.21. The van der Waals surface area contributed by atoms with Crippen molar-refractivity contribution in [3.63, 3.8) is 0 Å². The van der Waals surface area contributed by atoms with Crippen molar-refractivity contribution in [2.24, 2.45) is 5.41 Å². The van der Waals surface area contributed by atoms with E-state index in [9.17, 15) is 9.59 Å². The van der Waals surface area contributed by atoms with Gasteiger partial charge in [-0.15, -0.1) is 0 Å². The van der Waals surface area contributed by atoms with E-state index >= 15 is 0 Å². The second-order valence-electron chi connectivity index (χ2n) is 5.80. The van der Waals surface area contributed by atoms with Crippen LogP contribution in [0.2, 0.25) is 0 Å². The van der Waals surface area contributed by atoms with Crippen molar-refractivity contribution in [3.05, 3.63) is 24.2 Å². The second kappa shape index (κ2) is 7.83. The molecular formula is C15H25N3O3. The predicted octanol–water partition coefficient (Wildman–Crippen LogP) is 0.990. The predicted molar refractivity (Wildman–Crippen MR) is 80.5 cm³/mol. The molecule has 6 heteroatoms. The van der Waals surface area contributed by atoms with Crippen LogP contribution in [0.15, 0.2) is 22.8 Å². The molecule has 0 spiro atoms. The first-order valence-corrected chi connectivity index (χ1v) is 7.07. The Hall–Kier alpha value is -1.82. The molecule has 118 valence electrons. The summed E-state index contributed by atoms with van der Waals surface area (Å²) in [5.41, 5.74) is -1.11. The number of hydrogen-bond acceptors (Lipinski definition) is 4. The third-order valence-corrected chi connectivity index (χ3v) is 3.21. The molecule has 6 nitrogen and oxygen atoms in total. The molecule has 21 heavy (non-hydrogen) atoms. The Labute approximate surface area is 125 Å². The van der Waals surface area contributed by atoms with E-state index in [-0.39, 0.29) is 18.4 Å². The molecular weight excluding hydrogens is 270 g/mol. The van der Waals surface area contributed by atoms with Gasteiger partial charge in [0.2, 0.25) is 11.8 Å². The van der Waals surface area contributed by atoms with Crippen molar-refractivity contribution in [1.82, 2.24) is 15.5 Å². The molecule has 0 fully saturated rings. The maximum Gasteiger partial charge on any atom is 0.235 e. The molecule has 0 aliphatic heterocycles. The standard InChI is InChI=1S/C15H25N3O3/c1-15(2,13(19)16-8-6-9-18(3)4)14(20)17-11-12-7-5-10-21-12/h5,7,10H,6,8-9,11H2,1-4H3,(H,16,19)(H,17,20). The monoisotopic (exact) mass is 295 g/mol. The normalized spacial score (nSPS) is 11.5. The summed E-state index contributed by atoms with van der Waals surface area (Å²) in [6.07, 6.45) is 2.40. The van der Waals surface area contributed by atoms with Gasteiger partial charge in [0.15, 0.2) is 0 Å². The zero-order chi connectivity index (χ0) is 15.9. The average Bonchev–Trinajstić information content (AvgIpc) is 2.93. The number of hydrogen-bond donors (Lipinski definition) is 2. The van der Waals surface area contributed by atoms with E-state index < -0.39 is 5.41 Å². The number of nitrogens with zero attached hydrogens (tertiary/aromatic N) is 1. The summed E-state index contributed by atoms with van der Waals surface area (Å²) in [4.78, 5) is 26.3. The molecule has 0 aliphatic rings. The minimum atomic E-state index is -1.11. The van der Waals surface area contributed by atoms with Crippen LogP contribution in [0.3, 0.4) is 0 Å². The van der Waals surface area contributed by atoms with Crippen molar-refractivity contribution in [2.75, 3.05) is 27.2 Å². The van der Waals surface area contributed by atoms with Crippen molar-refractivity contribution < 1.29 is 14.0 Å². The topological polar surface area (TPSA) is 74.6 Å². The van der Waals surface area contributed by atoms with E-state index in [4.69, 9.17) is 4.42 Å². The smallest absolute Gasteiger partial charge is 0.235 e. The summed E-state index contributed by atoms with van der Waals surface area (Å²) < 4.78 is 5.14. The minimum Gasteiger partial charge on any atom is -0.467 e. The Morgan fingerprint density at radius 3 is 2.48 bits per heavy atom. The number of carbonyl (C=O) groups is 2. The number of furan rings is 1. The first kappa shape index (κ1) is 17.2. The molecule has 0 bridgehead atoms. The lowest BCUT2D eigenvalue weighted by atomic mass is 9.91. The van der Waals surface area contributed by atoms with Crippen LogP contribution in [-0.4, -0.2) is 43.9 Å². The fraction of sp³-hybridized carbons (Fsp3) is 0.600. The van der Waals surface area contributed by atoms with E-state index in [1.807, 2.05) is 19.0 Å². The van der Waals surface area contributed by atoms with Crippen LogP contribution in [-0.2, 0) is 16.1 Å². The molecule has 0 unspecified atom stereocenters. The van der Waals surface area contributed by atoms with Crippen LogP contribution >= 0.6 is 0 Å². The molecule has 1 aromatic rings. The van der Waals surface area contributed by atoms with Gasteiger partial charge in [0.05, 0.1) is 12.8 Å². The van der Waals surface area contributed by atoms with Gasteiger partial charge in [0, 0.05) is 6.54 Å². The quantitative estimate of drug-likeness (QED) is 0.554. The molecule has 0 saturated heterocycles. The van der Waals surface area contributed by atoms with Gasteiger partial charge in [0.25, 0.3) is 0 Å². The van der Waals surface area contributed by atoms with Crippen LogP contribution in [0.1, 0.15) is 26.0 Å². The average molecular weight is 295 g/mol. The Morgan fingerprint density at radius 1 is 1.24 bits per heavy atom. The van der Waals surface area contributed by atoms with Gasteiger partial charge < -0.3 is 20.0 Å². The van der Waals surface area contributed by atoms with E-state index in [1.165, 1.54) is 0 Å². The SMILES string of the molecule is CN(C)CCCNC(=O)C(C)(C)C(=O)NCc1ccco1. The Kier molecular flexibility index (Phi) is 6.42. The van der Waals surface area contributed by atoms with Crippen molar-refractivity contribution >= 4 is 11.8 Å². The van der Waals surface area contributed by atoms with E-state index in [0.717, 1.165) is 13.0 Å². The number of rotatable bonds is 8. The number of carbonyl (C=O) groups excluding carboxylic acids is 2.